The Morgan fingerprint density at radius 2 is 2.11 bits per heavy atom. The van der Waals surface area contributed by atoms with Crippen LogP contribution < -0.4 is 0 Å². The SMILES string of the molecule is CO[C@@]1(C)CN(C)CC[C@H]1c1sc2ccc(C3=NC[C@@H](C)CC3)cc2c1C. The highest BCUT2D eigenvalue weighted by Crippen LogP contribution is 2.45. The van der Waals surface area contributed by atoms with Crippen LogP contribution in [-0.2, 0) is 4.74 Å². The second kappa shape index (κ2) is 7.31. The maximum Gasteiger partial charge on any atom is 0.0853 e. The molecule has 0 spiro atoms. The van der Waals surface area contributed by atoms with Gasteiger partial charge in [-0.3, -0.25) is 4.99 Å². The van der Waals surface area contributed by atoms with Crippen molar-refractivity contribution in [2.45, 2.75) is 51.6 Å². The van der Waals surface area contributed by atoms with Gasteiger partial charge in [0, 0.05) is 41.4 Å². The summed E-state index contributed by atoms with van der Waals surface area (Å²) in [5, 5.41) is 1.41. The van der Waals surface area contributed by atoms with Crippen LogP contribution in [0, 0.1) is 12.8 Å². The number of benzene rings is 1. The second-order valence-electron chi connectivity index (χ2n) is 8.83. The van der Waals surface area contributed by atoms with Crippen LogP contribution in [0.25, 0.3) is 10.1 Å². The molecule has 0 unspecified atom stereocenters. The molecule has 4 rings (SSSR count). The van der Waals surface area contributed by atoms with E-state index >= 15 is 0 Å². The van der Waals surface area contributed by atoms with Crippen LogP contribution in [-0.4, -0.2) is 50.0 Å². The van der Waals surface area contributed by atoms with Gasteiger partial charge in [0.1, 0.15) is 0 Å². The van der Waals surface area contributed by atoms with E-state index in [1.807, 2.05) is 18.4 Å². The second-order valence-corrected chi connectivity index (χ2v) is 9.91. The zero-order valence-corrected chi connectivity index (χ0v) is 18.2. The summed E-state index contributed by atoms with van der Waals surface area (Å²) in [6, 6.07) is 6.98. The number of ether oxygens (including phenoxy) is 1. The predicted molar refractivity (Wildman–Crippen MR) is 117 cm³/mol. The monoisotopic (exact) mass is 384 g/mol. The van der Waals surface area contributed by atoms with Crippen molar-refractivity contribution in [1.82, 2.24) is 4.90 Å². The van der Waals surface area contributed by atoms with Gasteiger partial charge >= 0.3 is 0 Å². The highest BCUT2D eigenvalue weighted by molar-refractivity contribution is 7.19. The molecule has 2 aromatic rings. The molecule has 2 aliphatic rings. The Bertz CT molecular complexity index is 871. The van der Waals surface area contributed by atoms with Gasteiger partial charge in [-0.25, -0.2) is 0 Å². The third kappa shape index (κ3) is 3.48. The molecule has 146 valence electrons. The summed E-state index contributed by atoms with van der Waals surface area (Å²) in [6.45, 7) is 9.98. The minimum Gasteiger partial charge on any atom is -0.377 e. The fourth-order valence-electron chi connectivity index (χ4n) is 4.80. The zero-order chi connectivity index (χ0) is 19.2. The minimum atomic E-state index is -0.120. The molecule has 4 heteroatoms. The molecule has 0 aliphatic carbocycles. The Morgan fingerprint density at radius 3 is 2.81 bits per heavy atom. The fraction of sp³-hybridized carbons (Fsp3) is 0.609. The van der Waals surface area contributed by atoms with Crippen LogP contribution in [0.3, 0.4) is 0 Å². The zero-order valence-electron chi connectivity index (χ0n) is 17.3. The van der Waals surface area contributed by atoms with Gasteiger partial charge in [-0.15, -0.1) is 11.3 Å². The van der Waals surface area contributed by atoms with Crippen molar-refractivity contribution in [1.29, 1.82) is 0 Å². The van der Waals surface area contributed by atoms with Crippen LogP contribution in [0.4, 0.5) is 0 Å². The predicted octanol–water partition coefficient (Wildman–Crippen LogP) is 5.25. The van der Waals surface area contributed by atoms with E-state index < -0.39 is 0 Å². The Kier molecular flexibility index (Phi) is 5.17. The first-order valence-corrected chi connectivity index (χ1v) is 11.0. The van der Waals surface area contributed by atoms with Crippen molar-refractivity contribution in [2.24, 2.45) is 10.9 Å². The molecule has 1 saturated heterocycles. The first-order valence-electron chi connectivity index (χ1n) is 10.2. The lowest BCUT2D eigenvalue weighted by atomic mass is 9.80. The van der Waals surface area contributed by atoms with Gasteiger partial charge in [0.15, 0.2) is 0 Å². The van der Waals surface area contributed by atoms with E-state index in [4.69, 9.17) is 9.73 Å². The number of aliphatic imine (C=N–C) groups is 1. The van der Waals surface area contributed by atoms with Crippen LogP contribution in [0.5, 0.6) is 0 Å². The molecule has 2 aliphatic heterocycles. The largest absolute Gasteiger partial charge is 0.377 e. The van der Waals surface area contributed by atoms with Crippen LogP contribution in [0.15, 0.2) is 23.2 Å². The third-order valence-electron chi connectivity index (χ3n) is 6.68. The lowest BCUT2D eigenvalue weighted by Gasteiger charge is -2.44. The number of fused-ring (bicyclic) bond motifs is 1. The molecular weight excluding hydrogens is 352 g/mol. The smallest absolute Gasteiger partial charge is 0.0853 e. The van der Waals surface area contributed by atoms with Crippen LogP contribution >= 0.6 is 11.3 Å². The quantitative estimate of drug-likeness (QED) is 0.722. The number of hydrogen-bond donors (Lipinski definition) is 0. The molecule has 3 nitrogen and oxygen atoms in total. The third-order valence-corrected chi connectivity index (χ3v) is 8.06. The number of hydrogen-bond acceptors (Lipinski definition) is 4. The first kappa shape index (κ1) is 19.1. The summed E-state index contributed by atoms with van der Waals surface area (Å²) < 4.78 is 7.44. The topological polar surface area (TPSA) is 24.8 Å². The molecule has 0 N–H and O–H groups in total. The number of piperidine rings is 1. The maximum absolute atomic E-state index is 6.04. The number of likely N-dealkylation sites (tertiary alicyclic amines) is 1. The van der Waals surface area contributed by atoms with Gasteiger partial charge in [0.05, 0.1) is 5.60 Å². The molecule has 1 aromatic heterocycles. The number of rotatable bonds is 3. The van der Waals surface area contributed by atoms with Gasteiger partial charge in [0.25, 0.3) is 0 Å². The molecule has 1 fully saturated rings. The molecule has 0 amide bonds. The van der Waals surface area contributed by atoms with E-state index in [1.165, 1.54) is 38.2 Å². The van der Waals surface area contributed by atoms with Crippen LogP contribution in [0.1, 0.15) is 55.0 Å². The van der Waals surface area contributed by atoms with E-state index in [9.17, 15) is 0 Å². The molecule has 27 heavy (non-hydrogen) atoms. The molecule has 0 bridgehead atoms. The summed E-state index contributed by atoms with van der Waals surface area (Å²) in [5.41, 5.74) is 3.94. The Balaban J connectivity index is 1.72. The normalized spacial score (nSPS) is 29.9. The molecule has 0 saturated carbocycles. The highest BCUT2D eigenvalue weighted by Gasteiger charge is 2.41. The maximum atomic E-state index is 6.04. The van der Waals surface area contributed by atoms with Crippen molar-refractivity contribution in [3.63, 3.8) is 0 Å². The highest BCUT2D eigenvalue weighted by atomic mass is 32.1. The van der Waals surface area contributed by atoms with Crippen molar-refractivity contribution < 1.29 is 4.74 Å². The van der Waals surface area contributed by atoms with E-state index in [0.717, 1.165) is 38.4 Å². The van der Waals surface area contributed by atoms with Crippen molar-refractivity contribution in [3.05, 3.63) is 34.2 Å². The number of aryl methyl sites for hydroxylation is 1. The average Bonchev–Trinajstić information content (AvgIpc) is 2.98. The molecular formula is C23H32N2OS. The summed E-state index contributed by atoms with van der Waals surface area (Å²) in [7, 11) is 4.07. The van der Waals surface area contributed by atoms with Crippen molar-refractivity contribution in [3.8, 4) is 0 Å². The number of thiophene rings is 1. The summed E-state index contributed by atoms with van der Waals surface area (Å²) in [5.74, 6) is 1.19. The number of methoxy groups -OCH3 is 1. The van der Waals surface area contributed by atoms with Crippen LogP contribution in [0.2, 0.25) is 0 Å². The van der Waals surface area contributed by atoms with Gasteiger partial charge in [-0.05, 0) is 81.3 Å². The number of likely N-dealkylation sites (N-methyl/N-ethyl adjacent to an activating group) is 1. The lowest BCUT2D eigenvalue weighted by Crippen LogP contribution is -2.50. The van der Waals surface area contributed by atoms with Gasteiger partial charge in [-0.1, -0.05) is 13.0 Å². The Labute approximate surface area is 167 Å². The Hall–Kier alpha value is -1.23. The van der Waals surface area contributed by atoms with E-state index in [0.29, 0.717) is 5.92 Å². The molecule has 0 radical (unpaired) electrons. The summed E-state index contributed by atoms with van der Waals surface area (Å²) >= 11 is 1.97. The van der Waals surface area contributed by atoms with E-state index in [1.54, 1.807) is 0 Å². The van der Waals surface area contributed by atoms with Crippen molar-refractivity contribution >= 4 is 27.1 Å². The fourth-order valence-corrected chi connectivity index (χ4v) is 6.27. The van der Waals surface area contributed by atoms with Gasteiger partial charge < -0.3 is 9.64 Å². The Morgan fingerprint density at radius 1 is 1.30 bits per heavy atom. The number of nitrogens with zero attached hydrogens (tertiary/aromatic N) is 2. The van der Waals surface area contributed by atoms with E-state index in [2.05, 4.69) is 50.9 Å². The lowest BCUT2D eigenvalue weighted by molar-refractivity contribution is -0.0607. The van der Waals surface area contributed by atoms with E-state index in [-0.39, 0.29) is 5.60 Å². The molecule has 1 aromatic carbocycles. The molecule has 3 atom stereocenters. The summed E-state index contributed by atoms with van der Waals surface area (Å²) in [4.78, 5) is 8.76. The minimum absolute atomic E-state index is 0.120. The van der Waals surface area contributed by atoms with Crippen molar-refractivity contribution in [2.75, 3.05) is 33.8 Å². The average molecular weight is 385 g/mol. The first-order chi connectivity index (χ1) is 12.9. The molecule has 3 heterocycles. The van der Waals surface area contributed by atoms with Gasteiger partial charge in [-0.2, -0.15) is 0 Å². The van der Waals surface area contributed by atoms with Gasteiger partial charge in [0.2, 0.25) is 0 Å². The summed E-state index contributed by atoms with van der Waals surface area (Å²) in [6.07, 6.45) is 3.53. The standard InChI is InChI=1S/C23H32N2OS/c1-15-6-8-20(24-13-15)17-7-9-21-18(12-17)16(2)22(27-21)19-10-11-25(4)14-23(19,3)26-5/h7,9,12,15,19H,6,8,10-11,13-14H2,1-5H3/t15-,19-,23-/m0/s1.